The molecule has 2 aromatic carbocycles. The van der Waals surface area contributed by atoms with Crippen LogP contribution in [0.2, 0.25) is 0 Å². The van der Waals surface area contributed by atoms with E-state index < -0.39 is 0 Å². The summed E-state index contributed by atoms with van der Waals surface area (Å²) in [5, 5.41) is 1.20. The molecular weight excluding hydrogens is 376 g/mol. The summed E-state index contributed by atoms with van der Waals surface area (Å²) in [6.07, 6.45) is 11.0. The van der Waals surface area contributed by atoms with Crippen molar-refractivity contribution in [2.24, 2.45) is 0 Å². The molecule has 1 aromatic heterocycles. The Labute approximate surface area is 176 Å². The van der Waals surface area contributed by atoms with E-state index in [0.29, 0.717) is 6.73 Å². The first-order valence-corrected chi connectivity index (χ1v) is 11.1. The Bertz CT molecular complexity index is 1070. The number of benzene rings is 2. The highest BCUT2D eigenvalue weighted by Gasteiger charge is 2.22. The van der Waals surface area contributed by atoms with E-state index in [4.69, 9.17) is 4.74 Å². The number of hydrogen-bond acceptors (Lipinski definition) is 4. The smallest absolute Gasteiger partial charge is 0.152 e. The summed E-state index contributed by atoms with van der Waals surface area (Å²) in [7, 11) is 0. The van der Waals surface area contributed by atoms with Crippen LogP contribution in [0.1, 0.15) is 24.0 Å². The van der Waals surface area contributed by atoms with Crippen LogP contribution in [0.5, 0.6) is 5.75 Å². The molecule has 0 spiro atoms. The van der Waals surface area contributed by atoms with Gasteiger partial charge in [0.05, 0.1) is 0 Å². The van der Waals surface area contributed by atoms with Gasteiger partial charge >= 0.3 is 0 Å². The van der Waals surface area contributed by atoms with E-state index in [1.54, 1.807) is 0 Å². The number of ether oxygens (including phenoxy) is 1. The number of hydrogen-bond donors (Lipinski definition) is 0. The van der Waals surface area contributed by atoms with Gasteiger partial charge in [-0.25, -0.2) is 0 Å². The largest absolute Gasteiger partial charge is 0.475 e. The van der Waals surface area contributed by atoms with Gasteiger partial charge in [0.2, 0.25) is 0 Å². The Morgan fingerprint density at radius 1 is 1.07 bits per heavy atom. The van der Waals surface area contributed by atoms with Crippen LogP contribution in [0.3, 0.4) is 0 Å². The van der Waals surface area contributed by atoms with Crippen molar-refractivity contribution in [3.8, 4) is 5.75 Å². The molecule has 0 saturated carbocycles. The van der Waals surface area contributed by atoms with Crippen molar-refractivity contribution >= 4 is 22.7 Å². The molecule has 0 saturated heterocycles. The first-order valence-electron chi connectivity index (χ1n) is 10.1. The summed E-state index contributed by atoms with van der Waals surface area (Å²) in [4.78, 5) is 8.33. The lowest BCUT2D eigenvalue weighted by Crippen LogP contribution is -2.33. The number of thioether (sulfide) groups is 1. The molecule has 1 aliphatic carbocycles. The third kappa shape index (κ3) is 4.09. The fourth-order valence-electron chi connectivity index (χ4n) is 4.01. The molecule has 1 aliphatic heterocycles. The van der Waals surface area contributed by atoms with Crippen LogP contribution in [0.25, 0.3) is 10.9 Å². The molecular formula is C25H24N2OS. The maximum Gasteiger partial charge on any atom is 0.152 e. The monoisotopic (exact) mass is 400 g/mol. The summed E-state index contributed by atoms with van der Waals surface area (Å²) < 4.78 is 6.21. The van der Waals surface area contributed by atoms with Gasteiger partial charge in [-0.3, -0.25) is 9.88 Å². The van der Waals surface area contributed by atoms with E-state index >= 15 is 0 Å². The zero-order chi connectivity index (χ0) is 19.5. The lowest BCUT2D eigenvalue weighted by atomic mass is 10.0. The summed E-state index contributed by atoms with van der Waals surface area (Å²) >= 11 is 1.87. The van der Waals surface area contributed by atoms with Crippen molar-refractivity contribution in [3.63, 3.8) is 0 Å². The Morgan fingerprint density at radius 3 is 2.86 bits per heavy atom. The minimum atomic E-state index is 0.613. The second-order valence-corrected chi connectivity index (χ2v) is 8.59. The lowest BCUT2D eigenvalue weighted by molar-refractivity contribution is 0.107. The average Bonchev–Trinajstić information content (AvgIpc) is 2.79. The molecule has 0 N–H and O–H groups in total. The summed E-state index contributed by atoms with van der Waals surface area (Å²) in [6.45, 7) is 2.45. The van der Waals surface area contributed by atoms with Crippen LogP contribution in [0.4, 0.5) is 0 Å². The predicted octanol–water partition coefficient (Wildman–Crippen LogP) is 5.96. The van der Waals surface area contributed by atoms with E-state index in [-0.39, 0.29) is 0 Å². The first-order chi connectivity index (χ1) is 14.4. The van der Waals surface area contributed by atoms with Crippen molar-refractivity contribution in [3.05, 3.63) is 89.7 Å². The number of nitrogens with zero attached hydrogens (tertiary/aromatic N) is 2. The molecule has 3 aromatic rings. The van der Waals surface area contributed by atoms with Crippen molar-refractivity contribution < 1.29 is 4.74 Å². The summed E-state index contributed by atoms with van der Waals surface area (Å²) in [5.41, 5.74) is 4.95. The van der Waals surface area contributed by atoms with Crippen LogP contribution in [-0.4, -0.2) is 23.2 Å². The highest BCUT2D eigenvalue weighted by molar-refractivity contribution is 7.98. The molecule has 0 bridgehead atoms. The van der Waals surface area contributed by atoms with Gasteiger partial charge in [-0.1, -0.05) is 42.5 Å². The molecule has 146 valence electrons. The van der Waals surface area contributed by atoms with Gasteiger partial charge in [0.25, 0.3) is 0 Å². The Morgan fingerprint density at radius 2 is 2.00 bits per heavy atom. The number of rotatable bonds is 5. The number of fused-ring (bicyclic) bond motifs is 3. The van der Waals surface area contributed by atoms with Crippen LogP contribution in [-0.2, 0) is 12.3 Å². The second-order valence-electron chi connectivity index (χ2n) is 7.54. The Balaban J connectivity index is 1.43. The highest BCUT2D eigenvalue weighted by Crippen LogP contribution is 2.37. The van der Waals surface area contributed by atoms with Crippen LogP contribution in [0, 0.1) is 0 Å². The third-order valence-corrected chi connectivity index (χ3v) is 6.47. The molecule has 0 amide bonds. The SMILES string of the molecule is C1=CC(CN2COc3c(cc(CSc4ccccc4)c4cccnc34)C2)=CCC1. The fraction of sp³-hybridized carbons (Fsp3) is 0.240. The Hall–Kier alpha value is -2.56. The van der Waals surface area contributed by atoms with Crippen LogP contribution in [0.15, 0.2) is 83.4 Å². The second kappa shape index (κ2) is 8.44. The lowest BCUT2D eigenvalue weighted by Gasteiger charge is -2.30. The minimum Gasteiger partial charge on any atom is -0.475 e. The first kappa shape index (κ1) is 18.5. The summed E-state index contributed by atoms with van der Waals surface area (Å²) in [6, 6.07) is 17.1. The van der Waals surface area contributed by atoms with Gasteiger partial charge in [0, 0.05) is 40.9 Å². The molecule has 4 heteroatoms. The topological polar surface area (TPSA) is 25.4 Å². The third-order valence-electron chi connectivity index (χ3n) is 5.41. The quantitative estimate of drug-likeness (QED) is 0.494. The standard InChI is InChI=1S/C25H24N2OS/c1-3-8-19(9-4-1)15-27-16-20-14-21(17-29-22-10-5-2-6-11-22)23-12-7-13-26-24(23)25(20)28-18-27/h2-3,5-14H,1,4,15-18H2. The van der Waals surface area contributed by atoms with Gasteiger partial charge in [-0.2, -0.15) is 0 Å². The van der Waals surface area contributed by atoms with Crippen molar-refractivity contribution in [2.45, 2.75) is 30.0 Å². The summed E-state index contributed by atoms with van der Waals surface area (Å²) in [5.74, 6) is 1.88. The van der Waals surface area contributed by atoms with Crippen LogP contribution < -0.4 is 4.74 Å². The van der Waals surface area contributed by atoms with Gasteiger partial charge in [0.15, 0.2) is 5.75 Å². The maximum atomic E-state index is 6.21. The van der Waals surface area contributed by atoms with Gasteiger partial charge in [-0.15, -0.1) is 11.8 Å². The average molecular weight is 401 g/mol. The number of aromatic nitrogens is 1. The zero-order valence-corrected chi connectivity index (χ0v) is 17.2. The van der Waals surface area contributed by atoms with Crippen molar-refractivity contribution in [1.29, 1.82) is 0 Å². The number of allylic oxidation sites excluding steroid dienone is 2. The van der Waals surface area contributed by atoms with Crippen LogP contribution >= 0.6 is 11.8 Å². The zero-order valence-electron chi connectivity index (χ0n) is 16.4. The molecule has 0 atom stereocenters. The van der Waals surface area contributed by atoms with E-state index in [1.807, 2.05) is 24.0 Å². The molecule has 2 heterocycles. The minimum absolute atomic E-state index is 0.613. The maximum absolute atomic E-state index is 6.21. The molecule has 0 unspecified atom stereocenters. The van der Waals surface area contributed by atoms with Crippen molar-refractivity contribution in [1.82, 2.24) is 9.88 Å². The normalized spacial score (nSPS) is 16.3. The van der Waals surface area contributed by atoms with Gasteiger partial charge in [-0.05, 0) is 48.2 Å². The van der Waals surface area contributed by atoms with E-state index in [9.17, 15) is 0 Å². The Kier molecular flexibility index (Phi) is 5.37. The predicted molar refractivity (Wildman–Crippen MR) is 120 cm³/mol. The highest BCUT2D eigenvalue weighted by atomic mass is 32.2. The molecule has 0 radical (unpaired) electrons. The van der Waals surface area contributed by atoms with E-state index in [0.717, 1.165) is 43.0 Å². The molecule has 0 fully saturated rings. The molecule has 5 rings (SSSR count). The van der Waals surface area contributed by atoms with Crippen molar-refractivity contribution in [2.75, 3.05) is 13.3 Å². The number of pyridine rings is 1. The van der Waals surface area contributed by atoms with Gasteiger partial charge < -0.3 is 4.74 Å². The van der Waals surface area contributed by atoms with E-state index in [2.05, 4.69) is 70.6 Å². The fourth-order valence-corrected chi connectivity index (χ4v) is 4.92. The van der Waals surface area contributed by atoms with Gasteiger partial charge in [0.1, 0.15) is 12.2 Å². The molecule has 29 heavy (non-hydrogen) atoms. The van der Waals surface area contributed by atoms with E-state index in [1.165, 1.54) is 27.0 Å². The molecule has 2 aliphatic rings. The molecule has 3 nitrogen and oxygen atoms in total.